The summed E-state index contributed by atoms with van der Waals surface area (Å²) in [6.07, 6.45) is 3.93. The molecule has 4 heteroatoms. The number of hydrogen-bond donors (Lipinski definition) is 1. The van der Waals surface area contributed by atoms with E-state index in [4.69, 9.17) is 10.6 Å². The van der Waals surface area contributed by atoms with Gasteiger partial charge in [0.1, 0.15) is 5.71 Å². The van der Waals surface area contributed by atoms with Crippen LogP contribution in [0.15, 0.2) is 10.1 Å². The van der Waals surface area contributed by atoms with Crippen molar-refractivity contribution >= 4 is 11.9 Å². The standard InChI is InChI=1S/C11H23N3O/c1-5-6-7-13-8-10(14-12)9-15-11(2,3)4/h8H,5-7,9,12H2,1-4H3. The quantitative estimate of drug-likeness (QED) is 0.317. The van der Waals surface area contributed by atoms with E-state index in [1.807, 2.05) is 20.8 Å². The van der Waals surface area contributed by atoms with Crippen molar-refractivity contribution in [2.45, 2.75) is 46.1 Å². The van der Waals surface area contributed by atoms with Gasteiger partial charge in [-0.3, -0.25) is 4.99 Å². The molecule has 0 aliphatic carbocycles. The number of rotatable bonds is 6. The molecule has 0 amide bonds. The smallest absolute Gasteiger partial charge is 0.103 e. The topological polar surface area (TPSA) is 60.0 Å². The molecule has 0 radical (unpaired) electrons. The minimum absolute atomic E-state index is 0.173. The van der Waals surface area contributed by atoms with Crippen LogP contribution in [0.25, 0.3) is 0 Å². The molecule has 0 fully saturated rings. The van der Waals surface area contributed by atoms with Gasteiger partial charge in [-0.15, -0.1) is 0 Å². The van der Waals surface area contributed by atoms with Crippen LogP contribution in [0.4, 0.5) is 0 Å². The van der Waals surface area contributed by atoms with Gasteiger partial charge in [0.05, 0.1) is 12.2 Å². The number of ether oxygens (including phenoxy) is 1. The normalized spacial score (nSPS) is 13.7. The number of hydrazone groups is 1. The Hall–Kier alpha value is -0.900. The Balaban J connectivity index is 3.90. The molecule has 0 atom stereocenters. The maximum absolute atomic E-state index is 5.54. The van der Waals surface area contributed by atoms with Gasteiger partial charge in [0.15, 0.2) is 0 Å². The van der Waals surface area contributed by atoms with Gasteiger partial charge in [-0.25, -0.2) is 0 Å². The lowest BCUT2D eigenvalue weighted by atomic mass is 10.2. The molecule has 0 saturated heterocycles. The monoisotopic (exact) mass is 213 g/mol. The number of nitrogens with zero attached hydrogens (tertiary/aromatic N) is 2. The Morgan fingerprint density at radius 1 is 1.40 bits per heavy atom. The first-order chi connectivity index (χ1) is 6.99. The summed E-state index contributed by atoms with van der Waals surface area (Å²) < 4.78 is 5.54. The Bertz CT molecular complexity index is 216. The van der Waals surface area contributed by atoms with Crippen LogP contribution in [0.1, 0.15) is 40.5 Å². The number of unbranched alkanes of at least 4 members (excludes halogenated alkanes) is 1. The van der Waals surface area contributed by atoms with Crippen LogP contribution >= 0.6 is 0 Å². The zero-order chi connectivity index (χ0) is 11.7. The molecule has 15 heavy (non-hydrogen) atoms. The highest BCUT2D eigenvalue weighted by molar-refractivity contribution is 6.31. The first-order valence-electron chi connectivity index (χ1n) is 5.40. The first kappa shape index (κ1) is 14.1. The molecule has 0 spiro atoms. The van der Waals surface area contributed by atoms with E-state index < -0.39 is 0 Å². The molecule has 88 valence electrons. The Morgan fingerprint density at radius 2 is 2.07 bits per heavy atom. The lowest BCUT2D eigenvalue weighted by Crippen LogP contribution is -2.25. The molecule has 2 N–H and O–H groups in total. The van der Waals surface area contributed by atoms with E-state index in [-0.39, 0.29) is 5.60 Å². The second-order valence-electron chi connectivity index (χ2n) is 4.41. The van der Waals surface area contributed by atoms with Gasteiger partial charge in [-0.05, 0) is 27.2 Å². The average molecular weight is 213 g/mol. The highest BCUT2D eigenvalue weighted by Gasteiger charge is 2.10. The third-order valence-electron chi connectivity index (χ3n) is 1.70. The van der Waals surface area contributed by atoms with Gasteiger partial charge in [0, 0.05) is 12.8 Å². The van der Waals surface area contributed by atoms with Crippen molar-refractivity contribution in [2.75, 3.05) is 13.2 Å². The molecule has 0 aromatic carbocycles. The van der Waals surface area contributed by atoms with E-state index in [2.05, 4.69) is 17.0 Å². The molecular weight excluding hydrogens is 190 g/mol. The summed E-state index contributed by atoms with van der Waals surface area (Å²) in [5.74, 6) is 5.23. The highest BCUT2D eigenvalue weighted by atomic mass is 16.5. The largest absolute Gasteiger partial charge is 0.369 e. The lowest BCUT2D eigenvalue weighted by Gasteiger charge is -2.18. The van der Waals surface area contributed by atoms with Gasteiger partial charge in [-0.1, -0.05) is 13.3 Å². The van der Waals surface area contributed by atoms with Crippen molar-refractivity contribution in [3.63, 3.8) is 0 Å². The van der Waals surface area contributed by atoms with E-state index in [1.54, 1.807) is 6.21 Å². The summed E-state index contributed by atoms with van der Waals surface area (Å²) in [5.41, 5.74) is 0.508. The molecule has 0 aliphatic rings. The maximum Gasteiger partial charge on any atom is 0.103 e. The van der Waals surface area contributed by atoms with Crippen molar-refractivity contribution in [2.24, 2.45) is 15.9 Å². The maximum atomic E-state index is 5.54. The molecular formula is C11H23N3O. The molecule has 0 heterocycles. The fraction of sp³-hybridized carbons (Fsp3) is 0.818. The molecule has 0 aromatic heterocycles. The van der Waals surface area contributed by atoms with Crippen LogP contribution < -0.4 is 5.84 Å². The molecule has 0 bridgehead atoms. The zero-order valence-corrected chi connectivity index (χ0v) is 10.3. The van der Waals surface area contributed by atoms with Crippen molar-refractivity contribution in [3.05, 3.63) is 0 Å². The van der Waals surface area contributed by atoms with Crippen LogP contribution in [0.5, 0.6) is 0 Å². The van der Waals surface area contributed by atoms with Crippen LogP contribution in [-0.2, 0) is 4.74 Å². The third-order valence-corrected chi connectivity index (χ3v) is 1.70. The SMILES string of the molecule is CCCCN=CC(COC(C)(C)C)=NN. The molecule has 0 rings (SSSR count). The van der Waals surface area contributed by atoms with E-state index in [0.29, 0.717) is 12.3 Å². The number of aliphatic imine (C=N–C) groups is 1. The molecule has 0 aliphatic heterocycles. The minimum Gasteiger partial charge on any atom is -0.369 e. The summed E-state index contributed by atoms with van der Waals surface area (Å²) >= 11 is 0. The summed E-state index contributed by atoms with van der Waals surface area (Å²) in [6, 6.07) is 0. The van der Waals surface area contributed by atoms with Crippen LogP contribution in [0.3, 0.4) is 0 Å². The zero-order valence-electron chi connectivity index (χ0n) is 10.3. The predicted octanol–water partition coefficient (Wildman–Crippen LogP) is 1.99. The second-order valence-corrected chi connectivity index (χ2v) is 4.41. The van der Waals surface area contributed by atoms with Gasteiger partial charge < -0.3 is 10.6 Å². The van der Waals surface area contributed by atoms with Crippen LogP contribution in [0.2, 0.25) is 0 Å². The van der Waals surface area contributed by atoms with Crippen molar-refractivity contribution < 1.29 is 4.74 Å². The van der Waals surface area contributed by atoms with E-state index >= 15 is 0 Å². The average Bonchev–Trinajstić information content (AvgIpc) is 2.15. The van der Waals surface area contributed by atoms with Crippen molar-refractivity contribution in [1.82, 2.24) is 0 Å². The number of nitrogens with two attached hydrogens (primary N) is 1. The highest BCUT2D eigenvalue weighted by Crippen LogP contribution is 2.05. The van der Waals surface area contributed by atoms with Gasteiger partial charge in [-0.2, -0.15) is 5.10 Å². The molecule has 0 saturated carbocycles. The van der Waals surface area contributed by atoms with Crippen molar-refractivity contribution in [3.8, 4) is 0 Å². The Labute approximate surface area is 92.6 Å². The van der Waals surface area contributed by atoms with Crippen LogP contribution in [0, 0.1) is 0 Å². The predicted molar refractivity (Wildman–Crippen MR) is 65.6 cm³/mol. The first-order valence-corrected chi connectivity index (χ1v) is 5.40. The minimum atomic E-state index is -0.173. The molecule has 0 unspecified atom stereocenters. The van der Waals surface area contributed by atoms with E-state index in [1.165, 1.54) is 0 Å². The summed E-state index contributed by atoms with van der Waals surface area (Å²) in [4.78, 5) is 4.22. The number of hydrogen-bond acceptors (Lipinski definition) is 4. The lowest BCUT2D eigenvalue weighted by molar-refractivity contribution is 0.0219. The Kier molecular flexibility index (Phi) is 6.96. The fourth-order valence-corrected chi connectivity index (χ4v) is 0.818. The molecule has 0 aromatic rings. The summed E-state index contributed by atoms with van der Waals surface area (Å²) in [5, 5.41) is 3.63. The fourth-order valence-electron chi connectivity index (χ4n) is 0.818. The van der Waals surface area contributed by atoms with Crippen LogP contribution in [-0.4, -0.2) is 30.7 Å². The summed E-state index contributed by atoms with van der Waals surface area (Å²) in [6.45, 7) is 9.36. The summed E-state index contributed by atoms with van der Waals surface area (Å²) in [7, 11) is 0. The van der Waals surface area contributed by atoms with E-state index in [9.17, 15) is 0 Å². The van der Waals surface area contributed by atoms with E-state index in [0.717, 1.165) is 19.4 Å². The molecule has 4 nitrogen and oxygen atoms in total. The van der Waals surface area contributed by atoms with Gasteiger partial charge >= 0.3 is 0 Å². The van der Waals surface area contributed by atoms with Crippen molar-refractivity contribution in [1.29, 1.82) is 0 Å². The van der Waals surface area contributed by atoms with Gasteiger partial charge in [0.25, 0.3) is 0 Å². The second kappa shape index (κ2) is 7.40. The third kappa shape index (κ3) is 9.41. The Morgan fingerprint density at radius 3 is 2.53 bits per heavy atom. The van der Waals surface area contributed by atoms with Gasteiger partial charge in [0.2, 0.25) is 0 Å².